The van der Waals surface area contributed by atoms with E-state index in [2.05, 4.69) is 45.0 Å². The minimum absolute atomic E-state index is 0.0525. The number of hydrogen-bond donors (Lipinski definition) is 0. The smallest absolute Gasteiger partial charge is 0.264 e. The molecule has 0 aromatic heterocycles. The molecule has 7 nitrogen and oxygen atoms in total. The van der Waals surface area contributed by atoms with Crippen LogP contribution in [-0.4, -0.2) is 60.0 Å². The highest BCUT2D eigenvalue weighted by Crippen LogP contribution is 2.38. The molecule has 1 saturated heterocycles. The van der Waals surface area contributed by atoms with Gasteiger partial charge < -0.3 is 18.7 Å². The van der Waals surface area contributed by atoms with Crippen molar-refractivity contribution in [2.75, 3.05) is 12.9 Å². The molecule has 1 aliphatic rings. The molecule has 2 aromatic carbocycles. The van der Waals surface area contributed by atoms with Crippen molar-refractivity contribution < 1.29 is 31.3 Å². The Labute approximate surface area is 210 Å². The molecule has 2 aromatic rings. The van der Waals surface area contributed by atoms with Gasteiger partial charge in [-0.3, -0.25) is 4.18 Å². The van der Waals surface area contributed by atoms with E-state index in [0.29, 0.717) is 0 Å². The summed E-state index contributed by atoms with van der Waals surface area (Å²) in [6, 6.07) is 20.1. The van der Waals surface area contributed by atoms with Crippen LogP contribution in [-0.2, 0) is 33.0 Å². The summed E-state index contributed by atoms with van der Waals surface area (Å²) in [4.78, 5) is 11.3. The zero-order valence-corrected chi connectivity index (χ0v) is 23.1. The molecule has 0 bridgehead atoms. The standard InChI is InChI=1S/C26H36O7SSi/c1-25(2,3)35(20-13-9-7-10-14-20,21-15-11-8-12-16-21)30-19-23(33-34(6,28)29)24-22(17-18-27)31-26(4,5)32-24/h7-16,18,22-24H,17,19H2,1-6H3/t22-,23+,24-/m0/s1. The van der Waals surface area contributed by atoms with E-state index in [1.54, 1.807) is 13.8 Å². The molecule has 0 amide bonds. The van der Waals surface area contributed by atoms with E-state index in [1.165, 1.54) is 0 Å². The summed E-state index contributed by atoms with van der Waals surface area (Å²) in [7, 11) is -6.81. The van der Waals surface area contributed by atoms with Crippen molar-refractivity contribution in [1.82, 2.24) is 0 Å². The van der Waals surface area contributed by atoms with Gasteiger partial charge in [0.15, 0.2) is 5.79 Å². The lowest BCUT2D eigenvalue weighted by atomic mass is 10.1. The number of carbonyl (C=O) groups is 1. The molecule has 192 valence electrons. The Bertz CT molecular complexity index is 1040. The highest BCUT2D eigenvalue weighted by molar-refractivity contribution is 7.86. The monoisotopic (exact) mass is 520 g/mol. The van der Waals surface area contributed by atoms with Crippen LogP contribution in [0.15, 0.2) is 60.7 Å². The third-order valence-electron chi connectivity index (χ3n) is 6.10. The van der Waals surface area contributed by atoms with Gasteiger partial charge in [0, 0.05) is 6.42 Å². The van der Waals surface area contributed by atoms with Crippen LogP contribution in [0.3, 0.4) is 0 Å². The minimum Gasteiger partial charge on any atom is -0.405 e. The van der Waals surface area contributed by atoms with E-state index in [1.807, 2.05) is 36.4 Å². The number of hydrogen-bond acceptors (Lipinski definition) is 7. The van der Waals surface area contributed by atoms with Gasteiger partial charge in [-0.25, -0.2) is 0 Å². The van der Waals surface area contributed by atoms with Crippen molar-refractivity contribution in [3.63, 3.8) is 0 Å². The van der Waals surface area contributed by atoms with Crippen molar-refractivity contribution in [3.8, 4) is 0 Å². The first-order chi connectivity index (χ1) is 16.3. The number of rotatable bonds is 10. The quantitative estimate of drug-likeness (QED) is 0.270. The predicted molar refractivity (Wildman–Crippen MR) is 138 cm³/mol. The van der Waals surface area contributed by atoms with Gasteiger partial charge >= 0.3 is 0 Å². The van der Waals surface area contributed by atoms with Crippen LogP contribution in [0.2, 0.25) is 5.04 Å². The van der Waals surface area contributed by atoms with E-state index >= 15 is 0 Å². The Morgan fingerprint density at radius 2 is 1.51 bits per heavy atom. The third kappa shape index (κ3) is 6.47. The minimum atomic E-state index is -3.86. The maximum Gasteiger partial charge on any atom is 0.264 e. The predicted octanol–water partition coefficient (Wildman–Crippen LogP) is 3.02. The lowest BCUT2D eigenvalue weighted by molar-refractivity contribution is -0.155. The lowest BCUT2D eigenvalue weighted by Gasteiger charge is -2.44. The number of aldehydes is 1. The summed E-state index contributed by atoms with van der Waals surface area (Å²) < 4.78 is 48.9. The molecular formula is C26H36O7SSi. The van der Waals surface area contributed by atoms with Gasteiger partial charge in [-0.1, -0.05) is 81.4 Å². The van der Waals surface area contributed by atoms with Gasteiger partial charge in [0.2, 0.25) is 0 Å². The second-order valence-corrected chi connectivity index (χ2v) is 16.3. The zero-order valence-electron chi connectivity index (χ0n) is 21.3. The molecule has 0 aliphatic carbocycles. The molecule has 0 radical (unpaired) electrons. The largest absolute Gasteiger partial charge is 0.405 e. The molecule has 0 saturated carbocycles. The molecule has 1 aliphatic heterocycles. The van der Waals surface area contributed by atoms with Gasteiger partial charge in [0.25, 0.3) is 18.4 Å². The summed E-state index contributed by atoms with van der Waals surface area (Å²) in [5, 5.41) is 1.81. The molecule has 0 unspecified atom stereocenters. The number of benzene rings is 2. The number of carbonyl (C=O) groups excluding carboxylic acids is 1. The molecule has 3 atom stereocenters. The summed E-state index contributed by atoms with van der Waals surface area (Å²) in [6.45, 7) is 9.81. The SMILES string of the molecule is CC1(C)O[C@H]([C@@H](CO[Si](c2ccccc2)(c2ccccc2)C(C)(C)C)OS(C)(=O)=O)[C@H](CC=O)O1. The first-order valence-electron chi connectivity index (χ1n) is 11.7. The Morgan fingerprint density at radius 1 is 1.00 bits per heavy atom. The Kier molecular flexibility index (Phi) is 8.40. The molecule has 0 spiro atoms. The van der Waals surface area contributed by atoms with Crippen LogP contribution in [0.5, 0.6) is 0 Å². The molecule has 3 rings (SSSR count). The normalized spacial score (nSPS) is 21.5. The fraction of sp³-hybridized carbons (Fsp3) is 0.500. The van der Waals surface area contributed by atoms with Gasteiger partial charge in [0.1, 0.15) is 18.5 Å². The zero-order chi connectivity index (χ0) is 25.9. The van der Waals surface area contributed by atoms with E-state index < -0.39 is 42.5 Å². The average Bonchev–Trinajstić information content (AvgIpc) is 3.07. The topological polar surface area (TPSA) is 88.1 Å². The van der Waals surface area contributed by atoms with Crippen molar-refractivity contribution in [3.05, 3.63) is 60.7 Å². The Morgan fingerprint density at radius 3 is 1.94 bits per heavy atom. The van der Waals surface area contributed by atoms with E-state index in [9.17, 15) is 13.2 Å². The highest BCUT2D eigenvalue weighted by atomic mass is 32.2. The van der Waals surface area contributed by atoms with E-state index in [4.69, 9.17) is 18.1 Å². The van der Waals surface area contributed by atoms with E-state index in [-0.39, 0.29) is 18.1 Å². The number of ether oxygens (including phenoxy) is 2. The fourth-order valence-corrected chi connectivity index (χ4v) is 10.0. The van der Waals surface area contributed by atoms with Crippen molar-refractivity contribution in [2.24, 2.45) is 0 Å². The second kappa shape index (κ2) is 10.6. The maximum absolute atomic E-state index is 12.3. The molecular weight excluding hydrogens is 484 g/mol. The molecule has 1 heterocycles. The third-order valence-corrected chi connectivity index (χ3v) is 11.7. The summed E-state index contributed by atoms with van der Waals surface area (Å²) in [5.74, 6) is -0.991. The van der Waals surface area contributed by atoms with Crippen LogP contribution < -0.4 is 10.4 Å². The Hall–Kier alpha value is -1.88. The van der Waals surface area contributed by atoms with Crippen LogP contribution in [0.25, 0.3) is 0 Å². The summed E-state index contributed by atoms with van der Waals surface area (Å²) in [5.41, 5.74) is 0. The molecule has 0 N–H and O–H groups in total. The van der Waals surface area contributed by atoms with Crippen LogP contribution in [0.4, 0.5) is 0 Å². The summed E-state index contributed by atoms with van der Waals surface area (Å²) >= 11 is 0. The van der Waals surface area contributed by atoms with Crippen molar-refractivity contribution in [1.29, 1.82) is 0 Å². The summed E-state index contributed by atoms with van der Waals surface area (Å²) in [6.07, 6.45) is -0.670. The first kappa shape index (κ1) is 27.7. The molecule has 35 heavy (non-hydrogen) atoms. The molecule has 1 fully saturated rings. The van der Waals surface area contributed by atoms with Crippen molar-refractivity contribution in [2.45, 2.75) is 70.2 Å². The van der Waals surface area contributed by atoms with E-state index in [0.717, 1.165) is 22.9 Å². The average molecular weight is 521 g/mol. The van der Waals surface area contributed by atoms with Crippen molar-refractivity contribution >= 4 is 35.1 Å². The van der Waals surface area contributed by atoms with Crippen LogP contribution in [0.1, 0.15) is 41.0 Å². The van der Waals surface area contributed by atoms with Gasteiger partial charge in [-0.05, 0) is 29.3 Å². The van der Waals surface area contributed by atoms with Gasteiger partial charge in [-0.2, -0.15) is 8.42 Å². The lowest BCUT2D eigenvalue weighted by Crippen LogP contribution is -2.67. The highest BCUT2D eigenvalue weighted by Gasteiger charge is 2.52. The van der Waals surface area contributed by atoms with Gasteiger partial charge in [-0.15, -0.1) is 0 Å². The Balaban J connectivity index is 2.07. The van der Waals surface area contributed by atoms with Crippen LogP contribution >= 0.6 is 0 Å². The fourth-order valence-electron chi connectivity index (χ4n) is 4.83. The molecule has 9 heteroatoms. The second-order valence-electron chi connectivity index (χ2n) is 10.4. The first-order valence-corrected chi connectivity index (χ1v) is 15.4. The maximum atomic E-state index is 12.3. The van der Waals surface area contributed by atoms with Crippen LogP contribution in [0, 0.1) is 0 Å². The van der Waals surface area contributed by atoms with Gasteiger partial charge in [0.05, 0.1) is 19.0 Å².